The molecule has 24 heavy (non-hydrogen) atoms. The van der Waals surface area contributed by atoms with E-state index >= 15 is 0 Å². The number of ether oxygens (including phenoxy) is 3. The van der Waals surface area contributed by atoms with Crippen LogP contribution in [-0.2, 0) is 26.2 Å². The van der Waals surface area contributed by atoms with Crippen LogP contribution in [0.1, 0.15) is 38.8 Å². The Morgan fingerprint density at radius 1 is 1.33 bits per heavy atom. The molecule has 2 aliphatic rings. The highest BCUT2D eigenvalue weighted by Crippen LogP contribution is 2.42. The lowest BCUT2D eigenvalue weighted by molar-refractivity contribution is -0.160. The van der Waals surface area contributed by atoms with Gasteiger partial charge >= 0.3 is 11.9 Å². The fourth-order valence-electron chi connectivity index (χ4n) is 2.71. The standard InChI is InChI=1S/C19H20O5/c1-5-11(2)17(20)24-16-9-12-8-15-13(10-14(12)23-18(16)21)19(3,4)6-7-22-15/h5-8,10,16H,9H2,1-4H3/b11-5-. The number of hydrogen-bond acceptors (Lipinski definition) is 5. The van der Waals surface area contributed by atoms with Gasteiger partial charge in [-0.05, 0) is 32.1 Å². The van der Waals surface area contributed by atoms with Crippen molar-refractivity contribution < 1.29 is 23.8 Å². The number of rotatable bonds is 2. The van der Waals surface area contributed by atoms with E-state index in [1.54, 1.807) is 26.2 Å². The molecule has 0 aliphatic carbocycles. The molecule has 2 heterocycles. The van der Waals surface area contributed by atoms with Crippen molar-refractivity contribution in [3.8, 4) is 11.5 Å². The largest absolute Gasteiger partial charge is 0.465 e. The summed E-state index contributed by atoms with van der Waals surface area (Å²) in [5, 5.41) is 0. The van der Waals surface area contributed by atoms with Gasteiger partial charge in [0.05, 0.1) is 6.26 Å². The van der Waals surface area contributed by atoms with Crippen molar-refractivity contribution in [2.24, 2.45) is 0 Å². The zero-order valence-corrected chi connectivity index (χ0v) is 14.2. The number of carbonyl (C=O) groups is 2. The van der Waals surface area contributed by atoms with E-state index in [0.29, 0.717) is 11.3 Å². The Morgan fingerprint density at radius 3 is 2.79 bits per heavy atom. The molecule has 0 fully saturated rings. The van der Waals surface area contributed by atoms with Gasteiger partial charge in [0.2, 0.25) is 6.10 Å². The number of benzene rings is 1. The molecular weight excluding hydrogens is 308 g/mol. The third kappa shape index (κ3) is 2.82. The Labute approximate surface area is 140 Å². The summed E-state index contributed by atoms with van der Waals surface area (Å²) in [7, 11) is 0. The zero-order valence-electron chi connectivity index (χ0n) is 14.2. The maximum atomic E-state index is 12.2. The van der Waals surface area contributed by atoms with Crippen LogP contribution in [0.15, 0.2) is 36.1 Å². The molecule has 1 aromatic rings. The van der Waals surface area contributed by atoms with Gasteiger partial charge in [-0.3, -0.25) is 0 Å². The van der Waals surface area contributed by atoms with Crippen molar-refractivity contribution in [2.45, 2.75) is 45.6 Å². The average Bonchev–Trinajstić information content (AvgIpc) is 2.53. The molecule has 0 spiro atoms. The number of allylic oxidation sites excluding steroid dienone is 2. The second kappa shape index (κ2) is 5.82. The summed E-state index contributed by atoms with van der Waals surface area (Å²) in [4.78, 5) is 24.1. The number of carbonyl (C=O) groups excluding carboxylic acids is 2. The molecule has 5 nitrogen and oxygen atoms in total. The van der Waals surface area contributed by atoms with Gasteiger partial charge in [0.1, 0.15) is 11.5 Å². The Kier molecular flexibility index (Phi) is 3.95. The molecule has 0 saturated carbocycles. The highest BCUT2D eigenvalue weighted by Gasteiger charge is 2.35. The summed E-state index contributed by atoms with van der Waals surface area (Å²) in [6.07, 6.45) is 4.60. The number of fused-ring (bicyclic) bond motifs is 2. The molecule has 1 unspecified atom stereocenters. The van der Waals surface area contributed by atoms with Gasteiger partial charge in [0.15, 0.2) is 0 Å². The van der Waals surface area contributed by atoms with E-state index in [2.05, 4.69) is 13.8 Å². The van der Waals surface area contributed by atoms with Gasteiger partial charge in [0.25, 0.3) is 0 Å². The van der Waals surface area contributed by atoms with Crippen LogP contribution in [0.2, 0.25) is 0 Å². The predicted molar refractivity (Wildman–Crippen MR) is 87.9 cm³/mol. The Hall–Kier alpha value is -2.56. The number of hydrogen-bond donors (Lipinski definition) is 0. The molecule has 0 radical (unpaired) electrons. The van der Waals surface area contributed by atoms with Gasteiger partial charge in [0, 0.05) is 28.5 Å². The van der Waals surface area contributed by atoms with Crippen LogP contribution in [0, 0.1) is 0 Å². The van der Waals surface area contributed by atoms with Crippen LogP contribution in [0.25, 0.3) is 0 Å². The molecule has 2 aliphatic heterocycles. The fourth-order valence-corrected chi connectivity index (χ4v) is 2.71. The molecule has 3 rings (SSSR count). The van der Waals surface area contributed by atoms with E-state index in [9.17, 15) is 9.59 Å². The van der Waals surface area contributed by atoms with Crippen molar-refractivity contribution in [3.05, 3.63) is 47.2 Å². The van der Waals surface area contributed by atoms with Gasteiger partial charge < -0.3 is 14.2 Å². The van der Waals surface area contributed by atoms with E-state index in [1.165, 1.54) is 0 Å². The molecule has 1 atom stereocenters. The molecule has 0 saturated heterocycles. The maximum Gasteiger partial charge on any atom is 0.353 e. The third-order valence-electron chi connectivity index (χ3n) is 4.42. The lowest BCUT2D eigenvalue weighted by atomic mass is 9.82. The molecule has 0 aromatic heterocycles. The van der Waals surface area contributed by atoms with Gasteiger partial charge in [-0.1, -0.05) is 19.9 Å². The Bertz CT molecular complexity index is 770. The maximum absolute atomic E-state index is 12.2. The second-order valence-electron chi connectivity index (χ2n) is 6.59. The second-order valence-corrected chi connectivity index (χ2v) is 6.59. The zero-order chi connectivity index (χ0) is 17.5. The minimum absolute atomic E-state index is 0.207. The lowest BCUT2D eigenvalue weighted by Crippen LogP contribution is -2.37. The summed E-state index contributed by atoms with van der Waals surface area (Å²) in [6.45, 7) is 7.51. The monoisotopic (exact) mass is 328 g/mol. The van der Waals surface area contributed by atoms with Crippen LogP contribution >= 0.6 is 0 Å². The summed E-state index contributed by atoms with van der Waals surface area (Å²) >= 11 is 0. The van der Waals surface area contributed by atoms with E-state index in [1.807, 2.05) is 18.2 Å². The molecule has 0 bridgehead atoms. The Balaban J connectivity index is 1.89. The van der Waals surface area contributed by atoms with E-state index in [-0.39, 0.29) is 11.8 Å². The smallest absolute Gasteiger partial charge is 0.353 e. The molecule has 0 N–H and O–H groups in total. The fraction of sp³-hybridized carbons (Fsp3) is 0.368. The first kappa shape index (κ1) is 16.3. The first-order chi connectivity index (χ1) is 11.3. The van der Waals surface area contributed by atoms with Gasteiger partial charge in [-0.15, -0.1) is 0 Å². The van der Waals surface area contributed by atoms with Crippen molar-refractivity contribution in [3.63, 3.8) is 0 Å². The molecule has 126 valence electrons. The predicted octanol–water partition coefficient (Wildman–Crippen LogP) is 3.21. The molecule has 1 aromatic carbocycles. The first-order valence-corrected chi connectivity index (χ1v) is 7.89. The van der Waals surface area contributed by atoms with Crippen molar-refractivity contribution in [2.75, 3.05) is 0 Å². The average molecular weight is 328 g/mol. The Morgan fingerprint density at radius 2 is 2.08 bits per heavy atom. The molecular formula is C19H20O5. The van der Waals surface area contributed by atoms with E-state index in [0.717, 1.165) is 16.9 Å². The summed E-state index contributed by atoms with van der Waals surface area (Å²) < 4.78 is 16.3. The van der Waals surface area contributed by atoms with E-state index < -0.39 is 18.0 Å². The van der Waals surface area contributed by atoms with E-state index in [4.69, 9.17) is 14.2 Å². The summed E-state index contributed by atoms with van der Waals surface area (Å²) in [5.74, 6) is 0.167. The van der Waals surface area contributed by atoms with Crippen molar-refractivity contribution in [1.82, 2.24) is 0 Å². The lowest BCUT2D eigenvalue weighted by Gasteiger charge is -2.30. The SMILES string of the molecule is C/C=C(/C)C(=O)OC1Cc2cc3c(cc2OC1=O)C(C)(C)C=CO3. The summed E-state index contributed by atoms with van der Waals surface area (Å²) in [5.41, 5.74) is 1.99. The van der Waals surface area contributed by atoms with Crippen LogP contribution in [0.3, 0.4) is 0 Å². The highest BCUT2D eigenvalue weighted by atomic mass is 16.6. The van der Waals surface area contributed by atoms with Crippen LogP contribution < -0.4 is 9.47 Å². The molecule has 5 heteroatoms. The number of esters is 2. The van der Waals surface area contributed by atoms with Crippen molar-refractivity contribution >= 4 is 11.9 Å². The third-order valence-corrected chi connectivity index (χ3v) is 4.42. The van der Waals surface area contributed by atoms with Crippen LogP contribution in [0.4, 0.5) is 0 Å². The first-order valence-electron chi connectivity index (χ1n) is 7.89. The normalized spacial score (nSPS) is 21.2. The molecule has 0 amide bonds. The quantitative estimate of drug-likeness (QED) is 0.474. The van der Waals surface area contributed by atoms with Crippen LogP contribution in [0.5, 0.6) is 11.5 Å². The van der Waals surface area contributed by atoms with Crippen molar-refractivity contribution in [1.29, 1.82) is 0 Å². The topological polar surface area (TPSA) is 61.8 Å². The highest BCUT2D eigenvalue weighted by molar-refractivity contribution is 5.91. The minimum atomic E-state index is -0.940. The van der Waals surface area contributed by atoms with Gasteiger partial charge in [-0.25, -0.2) is 9.59 Å². The minimum Gasteiger partial charge on any atom is -0.465 e. The van der Waals surface area contributed by atoms with Crippen LogP contribution in [-0.4, -0.2) is 18.0 Å². The summed E-state index contributed by atoms with van der Waals surface area (Å²) in [6, 6.07) is 3.69. The van der Waals surface area contributed by atoms with Gasteiger partial charge in [-0.2, -0.15) is 0 Å².